The number of carbonyl (C=O) groups is 2. The lowest BCUT2D eigenvalue weighted by molar-refractivity contribution is -0.122. The van der Waals surface area contributed by atoms with E-state index in [-0.39, 0.29) is 10.7 Å². The lowest BCUT2D eigenvalue weighted by Gasteiger charge is -2.29. The van der Waals surface area contributed by atoms with Crippen molar-refractivity contribution < 1.29 is 9.59 Å². The molecule has 32 heavy (non-hydrogen) atoms. The van der Waals surface area contributed by atoms with Gasteiger partial charge in [-0.25, -0.2) is 0 Å². The van der Waals surface area contributed by atoms with Gasteiger partial charge in [-0.3, -0.25) is 19.8 Å². The van der Waals surface area contributed by atoms with Gasteiger partial charge in [0.15, 0.2) is 5.11 Å². The second-order valence-electron chi connectivity index (χ2n) is 7.62. The molecule has 162 valence electrons. The van der Waals surface area contributed by atoms with Gasteiger partial charge in [-0.15, -0.1) is 0 Å². The summed E-state index contributed by atoms with van der Waals surface area (Å²) in [6.07, 6.45) is 2.55. The molecular formula is C25H22IN3O2S. The molecule has 2 heterocycles. The molecule has 1 aromatic heterocycles. The van der Waals surface area contributed by atoms with E-state index in [1.54, 1.807) is 6.08 Å². The first-order valence-electron chi connectivity index (χ1n) is 10.3. The number of amides is 2. The molecular weight excluding hydrogens is 533 g/mol. The van der Waals surface area contributed by atoms with Gasteiger partial charge in [0.2, 0.25) is 0 Å². The van der Waals surface area contributed by atoms with Crippen molar-refractivity contribution in [2.75, 3.05) is 4.90 Å². The van der Waals surface area contributed by atoms with Crippen molar-refractivity contribution in [3.8, 4) is 5.69 Å². The zero-order chi connectivity index (χ0) is 23.0. The number of benzene rings is 2. The van der Waals surface area contributed by atoms with Crippen LogP contribution in [0.5, 0.6) is 0 Å². The number of thiocarbonyl (C=S) groups is 1. The highest BCUT2D eigenvalue weighted by Crippen LogP contribution is 2.26. The Morgan fingerprint density at radius 1 is 1.00 bits per heavy atom. The smallest absolute Gasteiger partial charge is 0.270 e. The molecule has 0 spiro atoms. The minimum absolute atomic E-state index is 0.0565. The highest BCUT2D eigenvalue weighted by molar-refractivity contribution is 14.1. The third kappa shape index (κ3) is 4.14. The van der Waals surface area contributed by atoms with Crippen LogP contribution in [-0.4, -0.2) is 21.5 Å². The minimum Gasteiger partial charge on any atom is -0.318 e. The van der Waals surface area contributed by atoms with E-state index in [1.165, 1.54) is 4.90 Å². The standard InChI is InChI=1S/C25H22IN3O2S/c1-4-17-5-9-21(10-6-17)29-24(31)22(23(30)27-25(29)32)14-18-13-15(2)28(16(18)3)20-11-7-19(26)8-12-20/h5-14H,4H2,1-3H3,(H,27,30,32)/b22-14+. The zero-order valence-electron chi connectivity index (χ0n) is 18.0. The average Bonchev–Trinajstić information content (AvgIpc) is 3.05. The monoisotopic (exact) mass is 555 g/mol. The molecule has 3 aromatic rings. The third-order valence-electron chi connectivity index (χ3n) is 5.56. The highest BCUT2D eigenvalue weighted by Gasteiger charge is 2.34. The second kappa shape index (κ2) is 8.99. The molecule has 1 fully saturated rings. The summed E-state index contributed by atoms with van der Waals surface area (Å²) < 4.78 is 3.27. The van der Waals surface area contributed by atoms with Gasteiger partial charge in [0, 0.05) is 20.6 Å². The number of aromatic nitrogens is 1. The number of halogens is 1. The minimum atomic E-state index is -0.486. The fraction of sp³-hybridized carbons (Fsp3) is 0.160. The summed E-state index contributed by atoms with van der Waals surface area (Å²) in [6, 6.07) is 17.8. The van der Waals surface area contributed by atoms with E-state index in [4.69, 9.17) is 12.2 Å². The van der Waals surface area contributed by atoms with Crippen LogP contribution in [0.1, 0.15) is 29.4 Å². The Balaban J connectivity index is 1.73. The van der Waals surface area contributed by atoms with E-state index >= 15 is 0 Å². The van der Waals surface area contributed by atoms with Gasteiger partial charge in [-0.2, -0.15) is 0 Å². The van der Waals surface area contributed by atoms with Crippen LogP contribution in [0.25, 0.3) is 11.8 Å². The van der Waals surface area contributed by atoms with E-state index in [0.717, 1.165) is 38.2 Å². The quantitative estimate of drug-likeness (QED) is 0.211. The number of hydrogen-bond acceptors (Lipinski definition) is 3. The van der Waals surface area contributed by atoms with Gasteiger partial charge in [0.05, 0.1) is 5.69 Å². The van der Waals surface area contributed by atoms with Crippen LogP contribution in [0, 0.1) is 17.4 Å². The predicted molar refractivity (Wildman–Crippen MR) is 140 cm³/mol. The maximum absolute atomic E-state index is 13.3. The van der Waals surface area contributed by atoms with Crippen LogP contribution >= 0.6 is 34.8 Å². The van der Waals surface area contributed by atoms with E-state index in [9.17, 15) is 9.59 Å². The van der Waals surface area contributed by atoms with Crippen molar-refractivity contribution >= 4 is 63.5 Å². The Bertz CT molecular complexity index is 1260. The second-order valence-corrected chi connectivity index (χ2v) is 9.25. The molecule has 0 saturated carbocycles. The SMILES string of the molecule is CCc1ccc(N2C(=O)/C(=C/c3cc(C)n(-c4ccc(I)cc4)c3C)C(=O)NC2=S)cc1. The predicted octanol–water partition coefficient (Wildman–Crippen LogP) is 5.09. The molecule has 0 radical (unpaired) electrons. The van der Waals surface area contributed by atoms with E-state index < -0.39 is 11.8 Å². The molecule has 1 aliphatic rings. The Labute approximate surface area is 206 Å². The van der Waals surface area contributed by atoms with Crippen LogP contribution in [0.15, 0.2) is 60.2 Å². The Morgan fingerprint density at radius 2 is 1.62 bits per heavy atom. The summed E-state index contributed by atoms with van der Waals surface area (Å²) in [6.45, 7) is 6.06. The number of aryl methyl sites for hydroxylation is 2. The Hall–Kier alpha value is -2.78. The fourth-order valence-corrected chi connectivity index (χ4v) is 4.49. The number of carbonyl (C=O) groups excluding carboxylic acids is 2. The summed E-state index contributed by atoms with van der Waals surface area (Å²) in [5.74, 6) is -0.914. The van der Waals surface area contributed by atoms with Crippen LogP contribution in [0.4, 0.5) is 5.69 Å². The van der Waals surface area contributed by atoms with Crippen molar-refractivity contribution in [1.82, 2.24) is 9.88 Å². The summed E-state index contributed by atoms with van der Waals surface area (Å²) in [5, 5.41) is 2.75. The molecule has 1 N–H and O–H groups in total. The number of nitrogens with one attached hydrogen (secondary N) is 1. The number of nitrogens with zero attached hydrogens (tertiary/aromatic N) is 2. The molecule has 1 saturated heterocycles. The number of anilines is 1. The Kier molecular flexibility index (Phi) is 6.30. The summed E-state index contributed by atoms with van der Waals surface area (Å²) in [5.41, 5.74) is 5.66. The lowest BCUT2D eigenvalue weighted by atomic mass is 10.1. The zero-order valence-corrected chi connectivity index (χ0v) is 21.0. The number of rotatable bonds is 4. The topological polar surface area (TPSA) is 54.3 Å². The first-order chi connectivity index (χ1) is 15.3. The van der Waals surface area contributed by atoms with Gasteiger partial charge < -0.3 is 4.57 Å². The Morgan fingerprint density at radius 3 is 2.25 bits per heavy atom. The van der Waals surface area contributed by atoms with Crippen molar-refractivity contribution in [1.29, 1.82) is 0 Å². The van der Waals surface area contributed by atoms with Crippen LogP contribution in [-0.2, 0) is 16.0 Å². The molecule has 0 aliphatic carbocycles. The van der Waals surface area contributed by atoms with Gasteiger partial charge in [0.25, 0.3) is 11.8 Å². The van der Waals surface area contributed by atoms with Gasteiger partial charge in [-0.1, -0.05) is 19.1 Å². The third-order valence-corrected chi connectivity index (χ3v) is 6.56. The van der Waals surface area contributed by atoms with Crippen molar-refractivity contribution in [2.45, 2.75) is 27.2 Å². The molecule has 0 atom stereocenters. The number of hydrogen-bond donors (Lipinski definition) is 1. The van der Waals surface area contributed by atoms with Crippen molar-refractivity contribution in [2.24, 2.45) is 0 Å². The van der Waals surface area contributed by atoms with Gasteiger partial charge >= 0.3 is 0 Å². The fourth-order valence-electron chi connectivity index (χ4n) is 3.85. The normalized spacial score (nSPS) is 15.4. The maximum Gasteiger partial charge on any atom is 0.270 e. The first kappa shape index (κ1) is 22.4. The molecule has 4 rings (SSSR count). The van der Waals surface area contributed by atoms with E-state index in [2.05, 4.69) is 51.5 Å². The summed E-state index contributed by atoms with van der Waals surface area (Å²) in [4.78, 5) is 27.4. The van der Waals surface area contributed by atoms with Gasteiger partial charge in [-0.05, 0) is 115 Å². The molecule has 5 nitrogen and oxygen atoms in total. The molecule has 0 unspecified atom stereocenters. The van der Waals surface area contributed by atoms with Crippen molar-refractivity contribution in [3.05, 3.63) is 86.3 Å². The summed E-state index contributed by atoms with van der Waals surface area (Å²) >= 11 is 7.58. The first-order valence-corrected chi connectivity index (χ1v) is 11.7. The van der Waals surface area contributed by atoms with Crippen LogP contribution in [0.3, 0.4) is 0 Å². The van der Waals surface area contributed by atoms with Crippen LogP contribution in [0.2, 0.25) is 0 Å². The average molecular weight is 555 g/mol. The summed E-state index contributed by atoms with van der Waals surface area (Å²) in [7, 11) is 0. The van der Waals surface area contributed by atoms with Gasteiger partial charge in [0.1, 0.15) is 5.57 Å². The molecule has 2 aromatic carbocycles. The highest BCUT2D eigenvalue weighted by atomic mass is 127. The van der Waals surface area contributed by atoms with E-state index in [0.29, 0.717) is 5.69 Å². The molecule has 2 amide bonds. The molecule has 7 heteroatoms. The van der Waals surface area contributed by atoms with Crippen molar-refractivity contribution in [3.63, 3.8) is 0 Å². The molecule has 1 aliphatic heterocycles. The lowest BCUT2D eigenvalue weighted by Crippen LogP contribution is -2.54. The maximum atomic E-state index is 13.3. The van der Waals surface area contributed by atoms with Crippen LogP contribution < -0.4 is 10.2 Å². The molecule has 0 bridgehead atoms. The largest absolute Gasteiger partial charge is 0.318 e. The van der Waals surface area contributed by atoms with E-state index in [1.807, 2.05) is 56.3 Å².